The van der Waals surface area contributed by atoms with Crippen LogP contribution in [-0.2, 0) is 10.3 Å². The summed E-state index contributed by atoms with van der Waals surface area (Å²) in [4.78, 5) is 0. The van der Waals surface area contributed by atoms with E-state index < -0.39 is 0 Å². The van der Waals surface area contributed by atoms with Crippen LogP contribution in [0.5, 0.6) is 5.75 Å². The predicted octanol–water partition coefficient (Wildman–Crippen LogP) is 3.25. The lowest BCUT2D eigenvalue weighted by atomic mass is 10.0. The van der Waals surface area contributed by atoms with E-state index in [2.05, 4.69) is 31.2 Å². The van der Waals surface area contributed by atoms with Crippen LogP contribution in [0.3, 0.4) is 0 Å². The standard InChI is InChI=1S/C14H18O2/c1-14(10-15-14)11-6-8-13(9-7-11)16-12-4-2-3-5-12/h6-9,12H,2-5,10H2,1H3. The van der Waals surface area contributed by atoms with E-state index in [0.717, 1.165) is 12.4 Å². The summed E-state index contributed by atoms with van der Waals surface area (Å²) in [5.41, 5.74) is 1.23. The first kappa shape index (κ1) is 10.2. The molecule has 0 bridgehead atoms. The number of ether oxygens (including phenoxy) is 2. The van der Waals surface area contributed by atoms with Gasteiger partial charge in [-0.1, -0.05) is 12.1 Å². The van der Waals surface area contributed by atoms with E-state index in [4.69, 9.17) is 9.47 Å². The van der Waals surface area contributed by atoms with Gasteiger partial charge in [-0.15, -0.1) is 0 Å². The van der Waals surface area contributed by atoms with Crippen LogP contribution in [0.15, 0.2) is 24.3 Å². The Bertz CT molecular complexity index is 359. The van der Waals surface area contributed by atoms with Gasteiger partial charge in [-0.05, 0) is 50.3 Å². The molecule has 1 unspecified atom stereocenters. The molecule has 0 radical (unpaired) electrons. The topological polar surface area (TPSA) is 21.8 Å². The molecule has 1 aliphatic heterocycles. The van der Waals surface area contributed by atoms with E-state index in [1.165, 1.54) is 31.2 Å². The fourth-order valence-corrected chi connectivity index (χ4v) is 2.36. The molecule has 0 spiro atoms. The largest absolute Gasteiger partial charge is 0.490 e. The van der Waals surface area contributed by atoms with Crippen LogP contribution in [0.25, 0.3) is 0 Å². The second-order valence-electron chi connectivity index (χ2n) is 5.07. The molecule has 1 heterocycles. The van der Waals surface area contributed by atoms with Crippen LogP contribution in [0.2, 0.25) is 0 Å². The summed E-state index contributed by atoms with van der Waals surface area (Å²) >= 11 is 0. The summed E-state index contributed by atoms with van der Waals surface area (Å²) in [5, 5.41) is 0. The number of rotatable bonds is 3. The van der Waals surface area contributed by atoms with Crippen molar-refractivity contribution in [2.45, 2.75) is 44.3 Å². The van der Waals surface area contributed by atoms with Crippen molar-refractivity contribution in [3.8, 4) is 5.75 Å². The van der Waals surface area contributed by atoms with Gasteiger partial charge in [0, 0.05) is 0 Å². The highest BCUT2D eigenvalue weighted by Crippen LogP contribution is 2.38. The highest BCUT2D eigenvalue weighted by Gasteiger charge is 2.40. The molecular formula is C14H18O2. The maximum absolute atomic E-state index is 5.92. The first-order valence-corrected chi connectivity index (χ1v) is 6.17. The van der Waals surface area contributed by atoms with Gasteiger partial charge in [0.2, 0.25) is 0 Å². The number of epoxide rings is 1. The second kappa shape index (κ2) is 3.77. The van der Waals surface area contributed by atoms with Gasteiger partial charge in [0.1, 0.15) is 11.4 Å². The quantitative estimate of drug-likeness (QED) is 0.726. The van der Waals surface area contributed by atoms with E-state index >= 15 is 0 Å². The van der Waals surface area contributed by atoms with Gasteiger partial charge in [0.15, 0.2) is 0 Å². The van der Waals surface area contributed by atoms with E-state index in [9.17, 15) is 0 Å². The van der Waals surface area contributed by atoms with Gasteiger partial charge in [-0.3, -0.25) is 0 Å². The fraction of sp³-hybridized carbons (Fsp3) is 0.571. The SMILES string of the molecule is CC1(c2ccc(OC3CCCC3)cc2)CO1. The Hall–Kier alpha value is -1.02. The molecule has 2 nitrogen and oxygen atoms in total. The lowest BCUT2D eigenvalue weighted by molar-refractivity contribution is 0.210. The maximum atomic E-state index is 5.92. The Morgan fingerprint density at radius 1 is 1.19 bits per heavy atom. The Labute approximate surface area is 96.6 Å². The molecule has 2 fully saturated rings. The highest BCUT2D eigenvalue weighted by atomic mass is 16.6. The molecule has 2 aliphatic rings. The minimum atomic E-state index is -0.0219. The molecule has 0 aromatic heterocycles. The first-order chi connectivity index (χ1) is 7.76. The Kier molecular flexibility index (Phi) is 2.40. The van der Waals surface area contributed by atoms with Crippen molar-refractivity contribution >= 4 is 0 Å². The normalized spacial score (nSPS) is 29.3. The predicted molar refractivity (Wildman–Crippen MR) is 62.6 cm³/mol. The monoisotopic (exact) mass is 218 g/mol. The Morgan fingerprint density at radius 2 is 1.81 bits per heavy atom. The molecule has 1 aromatic carbocycles. The average Bonchev–Trinajstić information content (AvgIpc) is 2.85. The molecule has 1 aliphatic carbocycles. The molecule has 1 aromatic rings. The summed E-state index contributed by atoms with van der Waals surface area (Å²) in [7, 11) is 0. The molecule has 86 valence electrons. The lowest BCUT2D eigenvalue weighted by Gasteiger charge is -2.13. The molecule has 3 rings (SSSR count). The third-order valence-electron chi connectivity index (χ3n) is 3.65. The van der Waals surface area contributed by atoms with Crippen LogP contribution >= 0.6 is 0 Å². The van der Waals surface area contributed by atoms with E-state index in [0.29, 0.717) is 6.10 Å². The van der Waals surface area contributed by atoms with Crippen molar-refractivity contribution in [2.24, 2.45) is 0 Å². The minimum Gasteiger partial charge on any atom is -0.490 e. The first-order valence-electron chi connectivity index (χ1n) is 6.17. The van der Waals surface area contributed by atoms with Gasteiger partial charge < -0.3 is 9.47 Å². The van der Waals surface area contributed by atoms with Crippen LogP contribution in [-0.4, -0.2) is 12.7 Å². The van der Waals surface area contributed by atoms with Gasteiger partial charge in [-0.25, -0.2) is 0 Å². The molecule has 2 heteroatoms. The molecule has 0 amide bonds. The smallest absolute Gasteiger partial charge is 0.119 e. The molecule has 16 heavy (non-hydrogen) atoms. The summed E-state index contributed by atoms with van der Waals surface area (Å²) in [6.07, 6.45) is 5.49. The van der Waals surface area contributed by atoms with Crippen LogP contribution < -0.4 is 4.74 Å². The van der Waals surface area contributed by atoms with Crippen molar-refractivity contribution < 1.29 is 9.47 Å². The lowest BCUT2D eigenvalue weighted by Crippen LogP contribution is -2.11. The molecule has 1 saturated carbocycles. The van der Waals surface area contributed by atoms with E-state index in [1.807, 2.05) is 0 Å². The molecule has 1 saturated heterocycles. The third-order valence-corrected chi connectivity index (χ3v) is 3.65. The summed E-state index contributed by atoms with van der Waals surface area (Å²) in [6.45, 7) is 2.97. The maximum Gasteiger partial charge on any atom is 0.119 e. The second-order valence-corrected chi connectivity index (χ2v) is 5.07. The summed E-state index contributed by atoms with van der Waals surface area (Å²) in [6, 6.07) is 8.38. The van der Waals surface area contributed by atoms with Crippen molar-refractivity contribution in [1.82, 2.24) is 0 Å². The van der Waals surface area contributed by atoms with Gasteiger partial charge >= 0.3 is 0 Å². The minimum absolute atomic E-state index is 0.0219. The van der Waals surface area contributed by atoms with E-state index in [-0.39, 0.29) is 5.60 Å². The average molecular weight is 218 g/mol. The molecular weight excluding hydrogens is 200 g/mol. The third kappa shape index (κ3) is 1.94. The molecule has 0 N–H and O–H groups in total. The highest BCUT2D eigenvalue weighted by molar-refractivity contribution is 5.32. The zero-order valence-corrected chi connectivity index (χ0v) is 9.74. The van der Waals surface area contributed by atoms with Gasteiger partial charge in [-0.2, -0.15) is 0 Å². The van der Waals surface area contributed by atoms with Crippen LogP contribution in [0.4, 0.5) is 0 Å². The van der Waals surface area contributed by atoms with Crippen LogP contribution in [0, 0.1) is 0 Å². The van der Waals surface area contributed by atoms with Gasteiger partial charge in [0.25, 0.3) is 0 Å². The number of hydrogen-bond donors (Lipinski definition) is 0. The summed E-state index contributed by atoms with van der Waals surface area (Å²) in [5.74, 6) is 1.000. The zero-order valence-electron chi connectivity index (χ0n) is 9.74. The van der Waals surface area contributed by atoms with Crippen LogP contribution in [0.1, 0.15) is 38.2 Å². The fourth-order valence-electron chi connectivity index (χ4n) is 2.36. The van der Waals surface area contributed by atoms with E-state index in [1.54, 1.807) is 0 Å². The van der Waals surface area contributed by atoms with Crippen molar-refractivity contribution in [3.05, 3.63) is 29.8 Å². The van der Waals surface area contributed by atoms with Crippen molar-refractivity contribution in [2.75, 3.05) is 6.61 Å². The number of hydrogen-bond acceptors (Lipinski definition) is 2. The van der Waals surface area contributed by atoms with Crippen molar-refractivity contribution in [1.29, 1.82) is 0 Å². The Balaban J connectivity index is 1.67. The van der Waals surface area contributed by atoms with Crippen molar-refractivity contribution in [3.63, 3.8) is 0 Å². The Morgan fingerprint density at radius 3 is 2.38 bits per heavy atom. The summed E-state index contributed by atoms with van der Waals surface area (Å²) < 4.78 is 11.3. The van der Waals surface area contributed by atoms with Gasteiger partial charge in [0.05, 0.1) is 12.7 Å². The number of benzene rings is 1. The zero-order chi connectivity index (χ0) is 11.0. The molecule has 1 atom stereocenters.